The second-order valence-electron chi connectivity index (χ2n) is 5.56. The summed E-state index contributed by atoms with van der Waals surface area (Å²) in [6, 6.07) is 5.47. The summed E-state index contributed by atoms with van der Waals surface area (Å²) in [4.78, 5) is 26.2. The second kappa shape index (κ2) is 8.47. The van der Waals surface area contributed by atoms with Gasteiger partial charge < -0.3 is 5.32 Å². The molecule has 0 unspecified atom stereocenters. The van der Waals surface area contributed by atoms with Crippen LogP contribution in [0.5, 0.6) is 0 Å². The highest BCUT2D eigenvalue weighted by molar-refractivity contribution is 5.77. The molecule has 0 saturated carbocycles. The molecule has 7 nitrogen and oxygen atoms in total. The van der Waals surface area contributed by atoms with Gasteiger partial charge in [-0.3, -0.25) is 14.1 Å². The van der Waals surface area contributed by atoms with E-state index >= 15 is 0 Å². The molecule has 126 valence electrons. The standard InChI is InChI=1S/C16H25N5O2/c1-3-8-17-15(22)13-19(9-4-2)11-12-21-16(23)20-10-6-5-7-14(20)18-21/h5-7,10H,3-4,8-9,11-13H2,1-2H3,(H,17,22). The lowest BCUT2D eigenvalue weighted by Crippen LogP contribution is -2.40. The normalized spacial score (nSPS) is 11.3. The van der Waals surface area contributed by atoms with Gasteiger partial charge in [0.15, 0.2) is 5.65 Å². The lowest BCUT2D eigenvalue weighted by Gasteiger charge is -2.20. The van der Waals surface area contributed by atoms with E-state index in [9.17, 15) is 9.59 Å². The van der Waals surface area contributed by atoms with E-state index in [4.69, 9.17) is 0 Å². The first kappa shape index (κ1) is 17.2. The van der Waals surface area contributed by atoms with Crippen LogP contribution >= 0.6 is 0 Å². The molecular formula is C16H25N5O2. The van der Waals surface area contributed by atoms with E-state index < -0.39 is 0 Å². The summed E-state index contributed by atoms with van der Waals surface area (Å²) < 4.78 is 2.99. The maximum Gasteiger partial charge on any atom is 0.350 e. The van der Waals surface area contributed by atoms with E-state index in [0.29, 0.717) is 31.8 Å². The Labute approximate surface area is 135 Å². The number of amides is 1. The molecule has 0 bridgehead atoms. The Bertz CT molecular complexity index is 691. The van der Waals surface area contributed by atoms with Crippen molar-refractivity contribution in [2.24, 2.45) is 0 Å². The molecule has 0 aliphatic rings. The van der Waals surface area contributed by atoms with Crippen molar-refractivity contribution in [1.29, 1.82) is 0 Å². The third-order valence-corrected chi connectivity index (χ3v) is 3.60. The van der Waals surface area contributed by atoms with Crippen LogP contribution in [0.25, 0.3) is 5.65 Å². The van der Waals surface area contributed by atoms with Gasteiger partial charge in [0, 0.05) is 19.3 Å². The van der Waals surface area contributed by atoms with E-state index in [-0.39, 0.29) is 11.6 Å². The first-order valence-corrected chi connectivity index (χ1v) is 8.19. The smallest absolute Gasteiger partial charge is 0.350 e. The van der Waals surface area contributed by atoms with Crippen LogP contribution in [0, 0.1) is 0 Å². The summed E-state index contributed by atoms with van der Waals surface area (Å²) in [6.45, 7) is 7.08. The zero-order chi connectivity index (χ0) is 16.7. The molecule has 0 saturated heterocycles. The Kier molecular flexibility index (Phi) is 6.34. The minimum atomic E-state index is -0.146. The fourth-order valence-electron chi connectivity index (χ4n) is 2.46. The lowest BCUT2D eigenvalue weighted by atomic mass is 10.3. The molecular weight excluding hydrogens is 294 g/mol. The third kappa shape index (κ3) is 4.66. The minimum Gasteiger partial charge on any atom is -0.355 e. The lowest BCUT2D eigenvalue weighted by molar-refractivity contribution is -0.122. The third-order valence-electron chi connectivity index (χ3n) is 3.60. The second-order valence-corrected chi connectivity index (χ2v) is 5.56. The molecule has 1 N–H and O–H groups in total. The van der Waals surface area contributed by atoms with Gasteiger partial charge in [-0.1, -0.05) is 19.9 Å². The monoisotopic (exact) mass is 319 g/mol. The van der Waals surface area contributed by atoms with E-state index in [1.165, 1.54) is 9.08 Å². The Balaban J connectivity index is 1.98. The van der Waals surface area contributed by atoms with Crippen LogP contribution in [-0.4, -0.2) is 51.2 Å². The molecule has 23 heavy (non-hydrogen) atoms. The van der Waals surface area contributed by atoms with E-state index in [2.05, 4.69) is 22.2 Å². The average molecular weight is 319 g/mol. The summed E-state index contributed by atoms with van der Waals surface area (Å²) >= 11 is 0. The fraction of sp³-hybridized carbons (Fsp3) is 0.562. The number of carbonyl (C=O) groups excluding carboxylic acids is 1. The Morgan fingerprint density at radius 2 is 2.09 bits per heavy atom. The van der Waals surface area contributed by atoms with Crippen molar-refractivity contribution in [3.8, 4) is 0 Å². The van der Waals surface area contributed by atoms with Gasteiger partial charge in [-0.05, 0) is 31.5 Å². The van der Waals surface area contributed by atoms with Crippen LogP contribution in [0.2, 0.25) is 0 Å². The molecule has 2 heterocycles. The van der Waals surface area contributed by atoms with Crippen LogP contribution in [-0.2, 0) is 11.3 Å². The molecule has 0 aliphatic carbocycles. The number of aromatic nitrogens is 3. The highest BCUT2D eigenvalue weighted by Gasteiger charge is 2.12. The van der Waals surface area contributed by atoms with E-state index in [1.54, 1.807) is 12.3 Å². The molecule has 0 spiro atoms. The van der Waals surface area contributed by atoms with Crippen molar-refractivity contribution >= 4 is 11.6 Å². The number of hydrogen-bond acceptors (Lipinski definition) is 4. The highest BCUT2D eigenvalue weighted by Crippen LogP contribution is 1.97. The van der Waals surface area contributed by atoms with Crippen LogP contribution < -0.4 is 11.0 Å². The average Bonchev–Trinajstić information content (AvgIpc) is 2.87. The first-order chi connectivity index (χ1) is 11.2. The quantitative estimate of drug-likeness (QED) is 0.740. The van der Waals surface area contributed by atoms with Crippen molar-refractivity contribution < 1.29 is 4.79 Å². The predicted octanol–water partition coefficient (Wildman–Crippen LogP) is 0.734. The molecule has 0 aliphatic heterocycles. The van der Waals surface area contributed by atoms with Crippen LogP contribution in [0.3, 0.4) is 0 Å². The van der Waals surface area contributed by atoms with Gasteiger partial charge in [0.2, 0.25) is 5.91 Å². The number of nitrogens with zero attached hydrogens (tertiary/aromatic N) is 4. The number of fused-ring (bicyclic) bond motifs is 1. The van der Waals surface area contributed by atoms with Crippen LogP contribution in [0.1, 0.15) is 26.7 Å². The zero-order valence-corrected chi connectivity index (χ0v) is 13.9. The van der Waals surface area contributed by atoms with Crippen LogP contribution in [0.15, 0.2) is 29.2 Å². The molecule has 0 fully saturated rings. The number of rotatable bonds is 9. The van der Waals surface area contributed by atoms with Gasteiger partial charge in [-0.2, -0.15) is 0 Å². The summed E-state index contributed by atoms with van der Waals surface area (Å²) in [5.41, 5.74) is 0.493. The maximum absolute atomic E-state index is 12.2. The van der Waals surface area contributed by atoms with Crippen molar-refractivity contribution in [3.05, 3.63) is 34.9 Å². The van der Waals surface area contributed by atoms with Gasteiger partial charge in [-0.25, -0.2) is 9.48 Å². The molecule has 0 atom stereocenters. The van der Waals surface area contributed by atoms with E-state index in [0.717, 1.165) is 19.4 Å². The Hall–Kier alpha value is -2.15. The summed E-state index contributed by atoms with van der Waals surface area (Å²) in [7, 11) is 0. The van der Waals surface area contributed by atoms with Gasteiger partial charge >= 0.3 is 5.69 Å². The van der Waals surface area contributed by atoms with Crippen molar-refractivity contribution in [3.63, 3.8) is 0 Å². The number of pyridine rings is 1. The molecule has 0 radical (unpaired) electrons. The molecule has 2 aromatic heterocycles. The number of nitrogens with one attached hydrogen (secondary N) is 1. The topological polar surface area (TPSA) is 71.6 Å². The van der Waals surface area contributed by atoms with Crippen molar-refractivity contribution in [2.45, 2.75) is 33.2 Å². The molecule has 7 heteroatoms. The molecule has 0 aromatic carbocycles. The summed E-state index contributed by atoms with van der Waals surface area (Å²) in [5.74, 6) is 0.0302. The maximum atomic E-state index is 12.2. The van der Waals surface area contributed by atoms with Gasteiger partial charge in [-0.15, -0.1) is 5.10 Å². The Morgan fingerprint density at radius 3 is 2.78 bits per heavy atom. The molecule has 2 rings (SSSR count). The largest absolute Gasteiger partial charge is 0.355 e. The van der Waals surface area contributed by atoms with Gasteiger partial charge in [0.1, 0.15) is 0 Å². The van der Waals surface area contributed by atoms with Gasteiger partial charge in [0.05, 0.1) is 13.1 Å². The molecule has 2 aromatic rings. The summed E-state index contributed by atoms with van der Waals surface area (Å²) in [6.07, 6.45) is 3.60. The van der Waals surface area contributed by atoms with Gasteiger partial charge in [0.25, 0.3) is 0 Å². The van der Waals surface area contributed by atoms with E-state index in [1.807, 2.05) is 19.1 Å². The number of carbonyl (C=O) groups is 1. The number of hydrogen-bond donors (Lipinski definition) is 1. The van der Waals surface area contributed by atoms with Crippen LogP contribution in [0.4, 0.5) is 0 Å². The highest BCUT2D eigenvalue weighted by atomic mass is 16.2. The Morgan fingerprint density at radius 1 is 1.26 bits per heavy atom. The zero-order valence-electron chi connectivity index (χ0n) is 13.9. The van der Waals surface area contributed by atoms with Crippen molar-refractivity contribution in [2.75, 3.05) is 26.2 Å². The SMILES string of the molecule is CCCNC(=O)CN(CCC)CCn1nc2ccccn2c1=O. The fourth-order valence-corrected chi connectivity index (χ4v) is 2.46. The summed E-state index contributed by atoms with van der Waals surface area (Å²) in [5, 5.41) is 7.20. The predicted molar refractivity (Wildman–Crippen MR) is 89.5 cm³/mol. The minimum absolute atomic E-state index is 0.0302. The molecule has 1 amide bonds. The first-order valence-electron chi connectivity index (χ1n) is 8.19. The van der Waals surface area contributed by atoms with Crippen molar-refractivity contribution in [1.82, 2.24) is 24.4 Å².